The quantitative estimate of drug-likeness (QED) is 0.388. The molecule has 0 spiro atoms. The predicted molar refractivity (Wildman–Crippen MR) is 114 cm³/mol. The van der Waals surface area contributed by atoms with Gasteiger partial charge in [0.25, 0.3) is 0 Å². The lowest BCUT2D eigenvalue weighted by molar-refractivity contribution is -0.143. The monoisotopic (exact) mass is 492 g/mol. The van der Waals surface area contributed by atoms with Crippen LogP contribution in [0.3, 0.4) is 0 Å². The van der Waals surface area contributed by atoms with Crippen LogP contribution in [0.4, 0.5) is 13.2 Å². The van der Waals surface area contributed by atoms with Crippen LogP contribution in [0.25, 0.3) is 10.8 Å². The van der Waals surface area contributed by atoms with Crippen LogP contribution in [0.15, 0.2) is 47.5 Å². The Morgan fingerprint density at radius 2 is 1.93 bits per heavy atom. The average Bonchev–Trinajstić information content (AvgIpc) is 3.03. The molecule has 27 heavy (non-hydrogen) atoms. The molecule has 1 unspecified atom stereocenters. The average molecular weight is 492 g/mol. The number of benzene rings is 2. The number of aliphatic imine (C=N–C) groups is 1. The highest BCUT2D eigenvalue weighted by Crippen LogP contribution is 2.20. The van der Waals surface area contributed by atoms with Crippen molar-refractivity contribution in [2.45, 2.75) is 25.2 Å². The molecular weight excluding hydrogens is 468 g/mol. The van der Waals surface area contributed by atoms with Gasteiger partial charge in [-0.05, 0) is 28.8 Å². The van der Waals surface area contributed by atoms with Crippen molar-refractivity contribution in [3.8, 4) is 0 Å². The maximum Gasteiger partial charge on any atom is 0.401 e. The van der Waals surface area contributed by atoms with E-state index in [9.17, 15) is 13.2 Å². The molecule has 1 aliphatic heterocycles. The minimum absolute atomic E-state index is 0. The standard InChI is InChI=1S/C19H23F3N4.HI/c1-23-18(25-17-8-9-26(12-17)13-19(20,21)22)24-11-14-6-7-15-4-2-3-5-16(15)10-14;/h2-7,10,17H,8-9,11-13H2,1H3,(H2,23,24,25);1H. The first-order valence-corrected chi connectivity index (χ1v) is 8.67. The summed E-state index contributed by atoms with van der Waals surface area (Å²) in [6, 6.07) is 14.4. The fourth-order valence-electron chi connectivity index (χ4n) is 3.27. The Kier molecular flexibility index (Phi) is 7.72. The summed E-state index contributed by atoms with van der Waals surface area (Å²) in [6.07, 6.45) is -3.47. The molecule has 3 rings (SSSR count). The Balaban J connectivity index is 0.00000261. The third-order valence-electron chi connectivity index (χ3n) is 4.51. The molecular formula is C19H24F3IN4. The topological polar surface area (TPSA) is 39.7 Å². The van der Waals surface area contributed by atoms with Gasteiger partial charge in [0.2, 0.25) is 0 Å². The van der Waals surface area contributed by atoms with E-state index in [1.54, 1.807) is 7.05 Å². The van der Waals surface area contributed by atoms with Crippen molar-refractivity contribution in [3.05, 3.63) is 48.0 Å². The lowest BCUT2D eigenvalue weighted by Gasteiger charge is -2.20. The number of guanidine groups is 1. The summed E-state index contributed by atoms with van der Waals surface area (Å²) in [5, 5.41) is 8.82. The Hall–Kier alpha value is -1.55. The fourth-order valence-corrected chi connectivity index (χ4v) is 3.27. The fraction of sp³-hybridized carbons (Fsp3) is 0.421. The first-order chi connectivity index (χ1) is 12.4. The zero-order valence-electron chi connectivity index (χ0n) is 15.1. The molecule has 2 aromatic rings. The van der Waals surface area contributed by atoms with Crippen molar-refractivity contribution in [3.63, 3.8) is 0 Å². The summed E-state index contributed by atoms with van der Waals surface area (Å²) in [7, 11) is 1.66. The zero-order valence-corrected chi connectivity index (χ0v) is 17.4. The molecule has 2 N–H and O–H groups in total. The molecule has 8 heteroatoms. The lowest BCUT2D eigenvalue weighted by Crippen LogP contribution is -2.44. The number of likely N-dealkylation sites (tertiary alicyclic amines) is 1. The van der Waals surface area contributed by atoms with Crippen LogP contribution >= 0.6 is 24.0 Å². The number of rotatable bonds is 4. The van der Waals surface area contributed by atoms with Gasteiger partial charge in [0.15, 0.2) is 5.96 Å². The van der Waals surface area contributed by atoms with Crippen molar-refractivity contribution in [2.75, 3.05) is 26.7 Å². The summed E-state index contributed by atoms with van der Waals surface area (Å²) < 4.78 is 37.5. The number of nitrogens with one attached hydrogen (secondary N) is 2. The Bertz CT molecular complexity index is 779. The van der Waals surface area contributed by atoms with Crippen LogP contribution in [0, 0.1) is 0 Å². The maximum absolute atomic E-state index is 12.5. The van der Waals surface area contributed by atoms with Gasteiger partial charge in [0.05, 0.1) is 6.54 Å². The predicted octanol–water partition coefficient (Wildman–Crippen LogP) is 3.76. The van der Waals surface area contributed by atoms with Gasteiger partial charge >= 0.3 is 6.18 Å². The van der Waals surface area contributed by atoms with Gasteiger partial charge < -0.3 is 10.6 Å². The molecule has 0 aliphatic carbocycles. The number of nitrogens with zero attached hydrogens (tertiary/aromatic N) is 2. The summed E-state index contributed by atoms with van der Waals surface area (Å²) in [5.74, 6) is 0.608. The van der Waals surface area contributed by atoms with Crippen LogP contribution in [-0.4, -0.2) is 49.8 Å². The third kappa shape index (κ3) is 6.53. The van der Waals surface area contributed by atoms with Gasteiger partial charge in [0, 0.05) is 32.7 Å². The van der Waals surface area contributed by atoms with Gasteiger partial charge in [-0.1, -0.05) is 36.4 Å². The van der Waals surface area contributed by atoms with E-state index >= 15 is 0 Å². The maximum atomic E-state index is 12.5. The van der Waals surface area contributed by atoms with Crippen LogP contribution in [0.2, 0.25) is 0 Å². The second-order valence-corrected chi connectivity index (χ2v) is 6.59. The number of hydrogen-bond acceptors (Lipinski definition) is 2. The molecule has 0 bridgehead atoms. The van der Waals surface area contributed by atoms with E-state index in [2.05, 4.69) is 46.0 Å². The molecule has 0 amide bonds. The van der Waals surface area contributed by atoms with Crippen molar-refractivity contribution < 1.29 is 13.2 Å². The molecule has 1 saturated heterocycles. The minimum atomic E-state index is -4.15. The first kappa shape index (κ1) is 21.7. The molecule has 0 aromatic heterocycles. The Morgan fingerprint density at radius 1 is 1.19 bits per heavy atom. The molecule has 0 radical (unpaired) electrons. The van der Waals surface area contributed by atoms with E-state index in [4.69, 9.17) is 0 Å². The highest BCUT2D eigenvalue weighted by atomic mass is 127. The van der Waals surface area contributed by atoms with Gasteiger partial charge in [-0.25, -0.2) is 0 Å². The zero-order chi connectivity index (χ0) is 18.6. The SMILES string of the molecule is CN=C(NCc1ccc2ccccc2c1)NC1CCN(CC(F)(F)F)C1.I. The molecule has 1 heterocycles. The van der Waals surface area contributed by atoms with E-state index in [1.165, 1.54) is 15.7 Å². The molecule has 148 valence electrons. The summed E-state index contributed by atoms with van der Waals surface area (Å²) in [6.45, 7) is 0.562. The molecule has 4 nitrogen and oxygen atoms in total. The third-order valence-corrected chi connectivity index (χ3v) is 4.51. The first-order valence-electron chi connectivity index (χ1n) is 8.67. The van der Waals surface area contributed by atoms with Gasteiger partial charge in [-0.3, -0.25) is 9.89 Å². The number of fused-ring (bicyclic) bond motifs is 1. The summed E-state index contributed by atoms with van der Waals surface area (Å²) in [5.41, 5.74) is 1.12. The van der Waals surface area contributed by atoms with Crippen LogP contribution in [0.1, 0.15) is 12.0 Å². The second-order valence-electron chi connectivity index (χ2n) is 6.59. The van der Waals surface area contributed by atoms with E-state index in [0.29, 0.717) is 32.0 Å². The van der Waals surface area contributed by atoms with Crippen molar-refractivity contribution in [2.24, 2.45) is 4.99 Å². The van der Waals surface area contributed by atoms with Gasteiger partial charge in [-0.2, -0.15) is 13.2 Å². The van der Waals surface area contributed by atoms with Crippen molar-refractivity contribution in [1.29, 1.82) is 0 Å². The molecule has 2 aromatic carbocycles. The van der Waals surface area contributed by atoms with Gasteiger partial charge in [-0.15, -0.1) is 24.0 Å². The lowest BCUT2D eigenvalue weighted by atomic mass is 10.1. The normalized spacial score (nSPS) is 18.4. The van der Waals surface area contributed by atoms with Crippen LogP contribution < -0.4 is 10.6 Å². The van der Waals surface area contributed by atoms with Crippen molar-refractivity contribution >= 4 is 40.7 Å². The van der Waals surface area contributed by atoms with E-state index in [-0.39, 0.29) is 30.0 Å². The van der Waals surface area contributed by atoms with E-state index in [1.807, 2.05) is 12.1 Å². The van der Waals surface area contributed by atoms with Crippen LogP contribution in [0.5, 0.6) is 0 Å². The van der Waals surface area contributed by atoms with E-state index < -0.39 is 12.7 Å². The number of halogens is 4. The summed E-state index contributed by atoms with van der Waals surface area (Å²) in [4.78, 5) is 5.61. The minimum Gasteiger partial charge on any atom is -0.352 e. The molecule has 1 aliphatic rings. The highest BCUT2D eigenvalue weighted by Gasteiger charge is 2.34. The molecule has 1 atom stereocenters. The number of alkyl halides is 3. The smallest absolute Gasteiger partial charge is 0.352 e. The highest BCUT2D eigenvalue weighted by molar-refractivity contribution is 14.0. The van der Waals surface area contributed by atoms with Gasteiger partial charge in [0.1, 0.15) is 0 Å². The molecule has 0 saturated carbocycles. The Labute approximate surface area is 174 Å². The summed E-state index contributed by atoms with van der Waals surface area (Å²) >= 11 is 0. The van der Waals surface area contributed by atoms with Crippen LogP contribution in [-0.2, 0) is 6.54 Å². The molecule has 1 fully saturated rings. The second kappa shape index (κ2) is 9.59. The Morgan fingerprint density at radius 3 is 2.63 bits per heavy atom. The van der Waals surface area contributed by atoms with E-state index in [0.717, 1.165) is 5.56 Å². The number of hydrogen-bond donors (Lipinski definition) is 2. The largest absolute Gasteiger partial charge is 0.401 e. The van der Waals surface area contributed by atoms with Crippen molar-refractivity contribution in [1.82, 2.24) is 15.5 Å².